The number of Topliss-reactive ketones (excluding diaryl/α,β-unsaturated/α-hetero) is 1. The minimum Gasteiger partial charge on any atom is -0.497 e. The summed E-state index contributed by atoms with van der Waals surface area (Å²) in [6.45, 7) is 0. The van der Waals surface area contributed by atoms with E-state index in [4.69, 9.17) is 9.47 Å². The van der Waals surface area contributed by atoms with Crippen LogP contribution in [0.4, 0.5) is 5.69 Å². The van der Waals surface area contributed by atoms with Crippen molar-refractivity contribution in [3.05, 3.63) is 109 Å². The van der Waals surface area contributed by atoms with Gasteiger partial charge >= 0.3 is 0 Å². The number of hydrogen-bond acceptors (Lipinski definition) is 4. The number of benzene rings is 3. The van der Waals surface area contributed by atoms with Crippen LogP contribution in [0, 0.1) is 0 Å². The van der Waals surface area contributed by atoms with Crippen molar-refractivity contribution in [2.45, 2.75) is 0 Å². The van der Waals surface area contributed by atoms with Crippen LogP contribution >= 0.6 is 0 Å². The number of amides is 1. The molecule has 178 valence electrons. The van der Waals surface area contributed by atoms with Crippen LogP contribution in [0.15, 0.2) is 103 Å². The zero-order valence-corrected chi connectivity index (χ0v) is 19.9. The fraction of sp³-hybridized carbons (Fsp3) is 0.0667. The zero-order valence-electron chi connectivity index (χ0n) is 19.9. The molecule has 0 saturated carbocycles. The lowest BCUT2D eigenvalue weighted by Gasteiger charge is -2.15. The Morgan fingerprint density at radius 3 is 2.25 bits per heavy atom. The van der Waals surface area contributed by atoms with Crippen molar-refractivity contribution in [2.24, 2.45) is 0 Å². The molecule has 0 aliphatic rings. The van der Waals surface area contributed by atoms with E-state index < -0.39 is 11.7 Å². The number of ether oxygens (including phenoxy) is 2. The number of aromatic nitrogens is 1. The Labute approximate surface area is 208 Å². The van der Waals surface area contributed by atoms with E-state index in [0.29, 0.717) is 28.4 Å². The minimum absolute atomic E-state index is 0.314. The molecule has 1 N–H and O–H groups in total. The molecule has 0 radical (unpaired) electrons. The molecular weight excluding hydrogens is 452 g/mol. The predicted octanol–water partition coefficient (Wildman–Crippen LogP) is 6.11. The molecule has 6 heteroatoms. The van der Waals surface area contributed by atoms with Gasteiger partial charge in [-0.1, -0.05) is 54.6 Å². The normalized spacial score (nSPS) is 10.7. The predicted molar refractivity (Wildman–Crippen MR) is 141 cm³/mol. The number of carbonyl (C=O) groups is 2. The first-order chi connectivity index (χ1) is 17.6. The second-order valence-electron chi connectivity index (χ2n) is 8.16. The fourth-order valence-corrected chi connectivity index (χ4v) is 4.33. The van der Waals surface area contributed by atoms with Gasteiger partial charge in [-0.2, -0.15) is 0 Å². The molecule has 3 aromatic carbocycles. The Hall–Kier alpha value is -4.84. The maximum Gasteiger partial charge on any atom is 0.298 e. The number of carbonyl (C=O) groups excluding carboxylic acids is 2. The van der Waals surface area contributed by atoms with Gasteiger partial charge in [0, 0.05) is 40.2 Å². The molecule has 5 rings (SSSR count). The average molecular weight is 477 g/mol. The summed E-state index contributed by atoms with van der Waals surface area (Å²) in [4.78, 5) is 26.9. The number of nitrogens with one attached hydrogen (secondary N) is 1. The molecule has 0 saturated heterocycles. The van der Waals surface area contributed by atoms with Crippen LogP contribution in [0.1, 0.15) is 10.5 Å². The number of ketones is 1. The van der Waals surface area contributed by atoms with Gasteiger partial charge in [0.15, 0.2) is 0 Å². The number of hydrogen-bond donors (Lipinski definition) is 1. The summed E-state index contributed by atoms with van der Waals surface area (Å²) in [5, 5.41) is 2.83. The largest absolute Gasteiger partial charge is 0.497 e. The molecule has 0 aliphatic carbocycles. The third-order valence-electron chi connectivity index (χ3n) is 6.06. The Bertz CT molecular complexity index is 1570. The van der Waals surface area contributed by atoms with Crippen LogP contribution in [-0.2, 0) is 4.79 Å². The maximum absolute atomic E-state index is 13.6. The molecular formula is C30H24N2O4. The highest BCUT2D eigenvalue weighted by Crippen LogP contribution is 2.37. The Balaban J connectivity index is 1.54. The third-order valence-corrected chi connectivity index (χ3v) is 6.06. The van der Waals surface area contributed by atoms with Crippen LogP contribution in [0.2, 0.25) is 0 Å². The first-order valence-corrected chi connectivity index (χ1v) is 11.4. The maximum atomic E-state index is 13.6. The molecule has 0 atom stereocenters. The van der Waals surface area contributed by atoms with Crippen molar-refractivity contribution in [2.75, 3.05) is 19.5 Å². The lowest BCUT2D eigenvalue weighted by atomic mass is 10.0. The molecule has 2 aromatic heterocycles. The Kier molecular flexibility index (Phi) is 6.24. The van der Waals surface area contributed by atoms with Gasteiger partial charge in [-0.3, -0.25) is 9.59 Å². The molecule has 36 heavy (non-hydrogen) atoms. The molecule has 0 bridgehead atoms. The molecule has 0 spiro atoms. The summed E-state index contributed by atoms with van der Waals surface area (Å²) in [7, 11) is 3.16. The molecule has 1 amide bonds. The number of anilines is 1. The topological polar surface area (TPSA) is 69.0 Å². The van der Waals surface area contributed by atoms with E-state index in [0.717, 1.165) is 22.2 Å². The first kappa shape index (κ1) is 22.9. The highest BCUT2D eigenvalue weighted by molar-refractivity contribution is 6.47. The molecule has 2 heterocycles. The van der Waals surface area contributed by atoms with Crippen molar-refractivity contribution in [1.29, 1.82) is 0 Å². The molecule has 0 aliphatic heterocycles. The molecule has 6 nitrogen and oxygen atoms in total. The Morgan fingerprint density at radius 1 is 0.722 bits per heavy atom. The number of rotatable bonds is 7. The molecule has 0 unspecified atom stereocenters. The SMILES string of the molecule is COc1ccc(-c2ccccc2NC(=O)C(=O)c2c(-c3ccccc3)cc3ccccn23)c(OC)c1. The monoisotopic (exact) mass is 476 g/mol. The average Bonchev–Trinajstić information content (AvgIpc) is 3.32. The highest BCUT2D eigenvalue weighted by atomic mass is 16.5. The summed E-state index contributed by atoms with van der Waals surface area (Å²) in [6.07, 6.45) is 1.79. The number of fused-ring (bicyclic) bond motifs is 1. The summed E-state index contributed by atoms with van der Waals surface area (Å²) in [6, 6.07) is 29.9. The van der Waals surface area contributed by atoms with Gasteiger partial charge in [-0.15, -0.1) is 0 Å². The van der Waals surface area contributed by atoms with Gasteiger partial charge in [0.05, 0.1) is 14.2 Å². The highest BCUT2D eigenvalue weighted by Gasteiger charge is 2.25. The van der Waals surface area contributed by atoms with Crippen LogP contribution in [0.25, 0.3) is 27.8 Å². The van der Waals surface area contributed by atoms with E-state index in [9.17, 15) is 9.59 Å². The van der Waals surface area contributed by atoms with E-state index in [-0.39, 0.29) is 0 Å². The number of para-hydroxylation sites is 1. The number of pyridine rings is 1. The van der Waals surface area contributed by atoms with Crippen LogP contribution < -0.4 is 14.8 Å². The molecule has 0 fully saturated rings. The zero-order chi connectivity index (χ0) is 25.1. The quantitative estimate of drug-likeness (QED) is 0.227. The van der Waals surface area contributed by atoms with Crippen LogP contribution in [0.3, 0.4) is 0 Å². The second kappa shape index (κ2) is 9.80. The van der Waals surface area contributed by atoms with E-state index >= 15 is 0 Å². The minimum atomic E-state index is -0.726. The number of methoxy groups -OCH3 is 2. The number of nitrogens with zero attached hydrogens (tertiary/aromatic N) is 1. The first-order valence-electron chi connectivity index (χ1n) is 11.4. The van der Waals surface area contributed by atoms with Crippen molar-refractivity contribution < 1.29 is 19.1 Å². The standard InChI is InChI=1S/C30H24N2O4/c1-35-22-15-16-24(27(19-22)36-2)23-13-6-7-14-26(23)31-30(34)29(33)28-25(20-10-4-3-5-11-20)18-21-12-8-9-17-32(21)28/h3-19H,1-2H3,(H,31,34). The summed E-state index contributed by atoms with van der Waals surface area (Å²) >= 11 is 0. The summed E-state index contributed by atoms with van der Waals surface area (Å²) in [5.41, 5.74) is 4.69. The van der Waals surface area contributed by atoms with E-state index in [1.54, 1.807) is 36.9 Å². The van der Waals surface area contributed by atoms with Crippen LogP contribution in [0.5, 0.6) is 11.5 Å². The lowest BCUT2D eigenvalue weighted by molar-refractivity contribution is -0.112. The van der Waals surface area contributed by atoms with E-state index in [1.807, 2.05) is 84.9 Å². The Morgan fingerprint density at radius 2 is 1.47 bits per heavy atom. The van der Waals surface area contributed by atoms with Gasteiger partial charge in [0.1, 0.15) is 17.2 Å². The lowest BCUT2D eigenvalue weighted by Crippen LogP contribution is -2.25. The van der Waals surface area contributed by atoms with Gasteiger partial charge in [-0.05, 0) is 42.0 Å². The fourth-order valence-electron chi connectivity index (χ4n) is 4.33. The van der Waals surface area contributed by atoms with Crippen molar-refractivity contribution >= 4 is 22.9 Å². The summed E-state index contributed by atoms with van der Waals surface area (Å²) < 4.78 is 12.6. The van der Waals surface area contributed by atoms with Crippen molar-refractivity contribution in [1.82, 2.24) is 4.40 Å². The van der Waals surface area contributed by atoms with Crippen LogP contribution in [-0.4, -0.2) is 30.3 Å². The van der Waals surface area contributed by atoms with E-state index in [2.05, 4.69) is 5.32 Å². The smallest absolute Gasteiger partial charge is 0.298 e. The van der Waals surface area contributed by atoms with Gasteiger partial charge < -0.3 is 19.2 Å². The van der Waals surface area contributed by atoms with Crippen molar-refractivity contribution in [3.8, 4) is 33.8 Å². The van der Waals surface area contributed by atoms with Gasteiger partial charge in [0.25, 0.3) is 11.7 Å². The second-order valence-corrected chi connectivity index (χ2v) is 8.16. The van der Waals surface area contributed by atoms with Gasteiger partial charge in [0.2, 0.25) is 0 Å². The van der Waals surface area contributed by atoms with Gasteiger partial charge in [-0.25, -0.2) is 0 Å². The van der Waals surface area contributed by atoms with E-state index in [1.165, 1.54) is 0 Å². The molecule has 5 aromatic rings. The summed E-state index contributed by atoms with van der Waals surface area (Å²) in [5.74, 6) is -0.111. The van der Waals surface area contributed by atoms with Crippen molar-refractivity contribution in [3.63, 3.8) is 0 Å². The third kappa shape index (κ3) is 4.20.